The van der Waals surface area contributed by atoms with Gasteiger partial charge in [-0.1, -0.05) is 25.3 Å². The van der Waals surface area contributed by atoms with E-state index in [1.807, 2.05) is 27.7 Å². The van der Waals surface area contributed by atoms with Crippen LogP contribution in [0.4, 0.5) is 0 Å². The van der Waals surface area contributed by atoms with Gasteiger partial charge in [-0.25, -0.2) is 0 Å². The molecule has 0 N–H and O–H groups in total. The molecule has 0 bridgehead atoms. The number of aromatic nitrogens is 2. The van der Waals surface area contributed by atoms with Crippen molar-refractivity contribution in [1.29, 1.82) is 0 Å². The number of nitrogens with zero attached hydrogens (tertiary/aromatic N) is 2. The third kappa shape index (κ3) is 1.69. The van der Waals surface area contributed by atoms with Crippen LogP contribution in [-0.2, 0) is 0 Å². The molecule has 66 valence electrons. The smallest absolute Gasteiger partial charge is 0.181 e. The Morgan fingerprint density at radius 3 is 2.33 bits per heavy atom. The van der Waals surface area contributed by atoms with Gasteiger partial charge >= 0.3 is 0 Å². The minimum Gasteiger partial charge on any atom is -0.293 e. The highest BCUT2D eigenvalue weighted by atomic mass is 32.1. The fourth-order valence-corrected chi connectivity index (χ4v) is 1.59. The van der Waals surface area contributed by atoms with E-state index in [1.165, 1.54) is 11.5 Å². The molecule has 0 saturated carbocycles. The van der Waals surface area contributed by atoms with Crippen molar-refractivity contribution < 1.29 is 4.79 Å². The van der Waals surface area contributed by atoms with E-state index in [0.29, 0.717) is 4.88 Å². The van der Waals surface area contributed by atoms with Crippen LogP contribution >= 0.6 is 11.5 Å². The number of Topliss-reactive ketones (excluding diaryl/α,β-unsaturated/α-hetero) is 1. The Morgan fingerprint density at radius 2 is 2.00 bits per heavy atom. The third-order valence-corrected chi connectivity index (χ3v) is 2.37. The van der Waals surface area contributed by atoms with Gasteiger partial charge in [0.05, 0.1) is 5.69 Å². The number of carbonyl (C=O) groups is 1. The molecule has 4 heteroatoms. The van der Waals surface area contributed by atoms with Gasteiger partial charge < -0.3 is 0 Å². The van der Waals surface area contributed by atoms with Crippen LogP contribution in [0.3, 0.4) is 0 Å². The van der Waals surface area contributed by atoms with Gasteiger partial charge in [-0.2, -0.15) is 0 Å². The Morgan fingerprint density at radius 1 is 1.42 bits per heavy atom. The molecule has 0 aliphatic carbocycles. The Kier molecular flexibility index (Phi) is 2.28. The SMILES string of the molecule is Cc1nnsc1C(=O)C(C)(C)C. The van der Waals surface area contributed by atoms with Crippen LogP contribution in [0, 0.1) is 12.3 Å². The summed E-state index contributed by atoms with van der Waals surface area (Å²) in [6.45, 7) is 7.50. The second kappa shape index (κ2) is 2.94. The summed E-state index contributed by atoms with van der Waals surface area (Å²) >= 11 is 1.17. The Balaban J connectivity index is 3.01. The topological polar surface area (TPSA) is 42.9 Å². The summed E-state index contributed by atoms with van der Waals surface area (Å²) in [5.74, 6) is 0.120. The Labute approximate surface area is 76.0 Å². The zero-order chi connectivity index (χ0) is 9.35. The molecule has 1 aromatic heterocycles. The van der Waals surface area contributed by atoms with Crippen LogP contribution in [0.15, 0.2) is 0 Å². The summed E-state index contributed by atoms with van der Waals surface area (Å²) in [6.07, 6.45) is 0. The second-order valence-electron chi connectivity index (χ2n) is 3.77. The lowest BCUT2D eigenvalue weighted by molar-refractivity contribution is 0.0862. The van der Waals surface area contributed by atoms with E-state index in [0.717, 1.165) is 5.69 Å². The van der Waals surface area contributed by atoms with Crippen LogP contribution in [0.2, 0.25) is 0 Å². The zero-order valence-corrected chi connectivity index (χ0v) is 8.53. The minimum atomic E-state index is -0.334. The van der Waals surface area contributed by atoms with Crippen molar-refractivity contribution in [3.05, 3.63) is 10.6 Å². The Hall–Kier alpha value is -0.770. The van der Waals surface area contributed by atoms with E-state index in [-0.39, 0.29) is 11.2 Å². The predicted molar refractivity (Wildman–Crippen MR) is 48.4 cm³/mol. The van der Waals surface area contributed by atoms with Crippen LogP contribution in [0.1, 0.15) is 36.1 Å². The number of rotatable bonds is 1. The van der Waals surface area contributed by atoms with Crippen LogP contribution in [0.25, 0.3) is 0 Å². The highest BCUT2D eigenvalue weighted by Gasteiger charge is 2.26. The molecule has 1 heterocycles. The van der Waals surface area contributed by atoms with Crippen molar-refractivity contribution >= 4 is 17.3 Å². The van der Waals surface area contributed by atoms with Crippen molar-refractivity contribution in [2.75, 3.05) is 0 Å². The number of hydrogen-bond donors (Lipinski definition) is 0. The summed E-state index contributed by atoms with van der Waals surface area (Å²) in [5.41, 5.74) is 0.402. The average Bonchev–Trinajstić information content (AvgIpc) is 2.31. The molecule has 0 atom stereocenters. The largest absolute Gasteiger partial charge is 0.293 e. The number of aryl methyl sites for hydroxylation is 1. The maximum atomic E-state index is 11.7. The molecule has 0 aromatic carbocycles. The highest BCUT2D eigenvalue weighted by Crippen LogP contribution is 2.23. The monoisotopic (exact) mass is 184 g/mol. The van der Waals surface area contributed by atoms with Gasteiger partial charge in [-0.3, -0.25) is 4.79 Å². The van der Waals surface area contributed by atoms with Crippen molar-refractivity contribution in [2.45, 2.75) is 27.7 Å². The van der Waals surface area contributed by atoms with E-state index >= 15 is 0 Å². The lowest BCUT2D eigenvalue weighted by atomic mass is 9.89. The van der Waals surface area contributed by atoms with E-state index in [9.17, 15) is 4.79 Å². The van der Waals surface area contributed by atoms with E-state index in [2.05, 4.69) is 9.59 Å². The lowest BCUT2D eigenvalue weighted by Gasteiger charge is -2.14. The third-order valence-electron chi connectivity index (χ3n) is 1.54. The van der Waals surface area contributed by atoms with Gasteiger partial charge in [0.15, 0.2) is 5.78 Å². The molecule has 3 nitrogen and oxygen atoms in total. The van der Waals surface area contributed by atoms with E-state index in [1.54, 1.807) is 0 Å². The van der Waals surface area contributed by atoms with E-state index in [4.69, 9.17) is 0 Å². The molecule has 0 fully saturated rings. The number of hydrogen-bond acceptors (Lipinski definition) is 4. The number of ketones is 1. The van der Waals surface area contributed by atoms with Gasteiger partial charge in [-0.15, -0.1) is 5.10 Å². The van der Waals surface area contributed by atoms with Crippen molar-refractivity contribution in [1.82, 2.24) is 9.59 Å². The summed E-state index contributed by atoms with van der Waals surface area (Å²) in [6, 6.07) is 0. The van der Waals surface area contributed by atoms with Crippen molar-refractivity contribution in [2.24, 2.45) is 5.41 Å². The molecule has 0 amide bonds. The molecule has 0 aliphatic rings. The molecular weight excluding hydrogens is 172 g/mol. The zero-order valence-electron chi connectivity index (χ0n) is 7.71. The molecule has 0 spiro atoms. The van der Waals surface area contributed by atoms with Crippen molar-refractivity contribution in [3.63, 3.8) is 0 Å². The first kappa shape index (κ1) is 9.32. The summed E-state index contributed by atoms with van der Waals surface area (Å²) < 4.78 is 3.73. The van der Waals surface area contributed by atoms with Gasteiger partial charge in [0.1, 0.15) is 4.88 Å². The van der Waals surface area contributed by atoms with Gasteiger partial charge in [-0.05, 0) is 18.5 Å². The average molecular weight is 184 g/mol. The van der Waals surface area contributed by atoms with Gasteiger partial charge in [0.2, 0.25) is 0 Å². The quantitative estimate of drug-likeness (QED) is 0.627. The van der Waals surface area contributed by atoms with Crippen LogP contribution in [0.5, 0.6) is 0 Å². The maximum absolute atomic E-state index is 11.7. The fourth-order valence-electron chi connectivity index (χ4n) is 0.780. The first-order valence-electron chi connectivity index (χ1n) is 3.76. The maximum Gasteiger partial charge on any atom is 0.181 e. The van der Waals surface area contributed by atoms with Crippen LogP contribution in [-0.4, -0.2) is 15.4 Å². The van der Waals surface area contributed by atoms with Gasteiger partial charge in [0.25, 0.3) is 0 Å². The summed E-state index contributed by atoms with van der Waals surface area (Å²) in [4.78, 5) is 12.4. The van der Waals surface area contributed by atoms with E-state index < -0.39 is 0 Å². The molecule has 0 radical (unpaired) electrons. The molecule has 0 aliphatic heterocycles. The van der Waals surface area contributed by atoms with Crippen LogP contribution < -0.4 is 0 Å². The molecule has 1 aromatic rings. The minimum absolute atomic E-state index is 0.120. The predicted octanol–water partition coefficient (Wildman–Crippen LogP) is 2.08. The molecule has 0 saturated heterocycles. The highest BCUT2D eigenvalue weighted by molar-refractivity contribution is 7.08. The normalized spacial score (nSPS) is 11.7. The molecule has 0 unspecified atom stereocenters. The molecule has 1 rings (SSSR count). The standard InChI is InChI=1S/C8H12N2OS/c1-5-6(12-10-9-5)7(11)8(2,3)4/h1-4H3. The number of carbonyl (C=O) groups excluding carboxylic acids is 1. The summed E-state index contributed by atoms with van der Waals surface area (Å²) in [7, 11) is 0. The first-order chi connectivity index (χ1) is 5.43. The second-order valence-corrected chi connectivity index (χ2v) is 4.52. The Bertz CT molecular complexity index is 298. The van der Waals surface area contributed by atoms with Crippen molar-refractivity contribution in [3.8, 4) is 0 Å². The first-order valence-corrected chi connectivity index (χ1v) is 4.54. The van der Waals surface area contributed by atoms with Gasteiger partial charge in [0, 0.05) is 5.41 Å². The molecule has 12 heavy (non-hydrogen) atoms. The molecular formula is C8H12N2OS. The summed E-state index contributed by atoms with van der Waals surface area (Å²) in [5, 5.41) is 3.80. The lowest BCUT2D eigenvalue weighted by Crippen LogP contribution is -2.19. The fraction of sp³-hybridized carbons (Fsp3) is 0.625.